The summed E-state index contributed by atoms with van der Waals surface area (Å²) in [6.45, 7) is 2.78. The Morgan fingerprint density at radius 2 is 1.59 bits per heavy atom. The fourth-order valence-corrected chi connectivity index (χ4v) is 4.21. The van der Waals surface area contributed by atoms with Gasteiger partial charge >= 0.3 is 0 Å². The molecule has 0 radical (unpaired) electrons. The molecule has 1 atom stereocenters. The monoisotopic (exact) mass is 516 g/mol. The topological polar surface area (TPSA) is 49.4 Å². The van der Waals surface area contributed by atoms with Crippen LogP contribution in [0, 0.1) is 0 Å². The minimum absolute atomic E-state index is 0.0871. The predicted octanol–water partition coefficient (Wildman–Crippen LogP) is 6.36. The first-order valence-corrected chi connectivity index (χ1v) is 12.3. The van der Waals surface area contributed by atoms with Gasteiger partial charge in [-0.1, -0.05) is 90.3 Å². The average molecular weight is 518 g/mol. The van der Waals surface area contributed by atoms with Crippen molar-refractivity contribution < 1.29 is 9.59 Å². The van der Waals surface area contributed by atoms with Gasteiger partial charge in [0.1, 0.15) is 6.04 Å². The second-order valence-corrected chi connectivity index (χ2v) is 9.32. The van der Waals surface area contributed by atoms with Gasteiger partial charge in [-0.25, -0.2) is 0 Å². The SMILES string of the molecule is CCCNC(=O)[C@H](Cc1ccccc1)N(Cc1cccc(Cl)c1)C(=O)Cc1ccc(Cl)c(Cl)c1. The van der Waals surface area contributed by atoms with Gasteiger partial charge in [0, 0.05) is 24.5 Å². The Hall–Kier alpha value is -2.53. The molecule has 4 nitrogen and oxygen atoms in total. The number of carbonyl (C=O) groups excluding carboxylic acids is 2. The van der Waals surface area contributed by atoms with Gasteiger partial charge in [0.05, 0.1) is 16.5 Å². The van der Waals surface area contributed by atoms with Crippen LogP contribution in [0.25, 0.3) is 0 Å². The smallest absolute Gasteiger partial charge is 0.243 e. The highest BCUT2D eigenvalue weighted by molar-refractivity contribution is 6.42. The number of hydrogen-bond acceptors (Lipinski definition) is 2. The minimum atomic E-state index is -0.691. The number of nitrogens with one attached hydrogen (secondary N) is 1. The van der Waals surface area contributed by atoms with Crippen LogP contribution in [0.15, 0.2) is 72.8 Å². The second kappa shape index (κ2) is 12.8. The zero-order valence-electron chi connectivity index (χ0n) is 18.9. The minimum Gasteiger partial charge on any atom is -0.354 e. The van der Waals surface area contributed by atoms with Crippen molar-refractivity contribution in [2.24, 2.45) is 0 Å². The quantitative estimate of drug-likeness (QED) is 0.340. The van der Waals surface area contributed by atoms with E-state index < -0.39 is 6.04 Å². The van der Waals surface area contributed by atoms with Crippen molar-refractivity contribution in [3.05, 3.63) is 105 Å². The molecule has 0 saturated carbocycles. The lowest BCUT2D eigenvalue weighted by molar-refractivity contribution is -0.140. The normalized spacial score (nSPS) is 11.6. The zero-order valence-corrected chi connectivity index (χ0v) is 21.2. The van der Waals surface area contributed by atoms with Crippen molar-refractivity contribution in [3.63, 3.8) is 0 Å². The Morgan fingerprint density at radius 3 is 2.26 bits per heavy atom. The molecule has 0 spiro atoms. The van der Waals surface area contributed by atoms with Crippen molar-refractivity contribution in [3.8, 4) is 0 Å². The molecule has 0 bridgehead atoms. The van der Waals surface area contributed by atoms with Crippen LogP contribution < -0.4 is 5.32 Å². The molecule has 2 amide bonds. The van der Waals surface area contributed by atoms with Crippen molar-refractivity contribution in [2.45, 2.75) is 38.8 Å². The first-order valence-electron chi connectivity index (χ1n) is 11.2. The molecule has 1 N–H and O–H groups in total. The van der Waals surface area contributed by atoms with Crippen LogP contribution in [0.2, 0.25) is 15.1 Å². The van der Waals surface area contributed by atoms with Crippen molar-refractivity contribution in [1.82, 2.24) is 10.2 Å². The predicted molar refractivity (Wildman–Crippen MR) is 139 cm³/mol. The number of nitrogens with zero attached hydrogens (tertiary/aromatic N) is 1. The molecule has 0 heterocycles. The Kier molecular flexibility index (Phi) is 9.82. The van der Waals surface area contributed by atoms with E-state index in [9.17, 15) is 9.59 Å². The van der Waals surface area contributed by atoms with Gasteiger partial charge in [0.2, 0.25) is 11.8 Å². The van der Waals surface area contributed by atoms with Crippen LogP contribution in [0.4, 0.5) is 0 Å². The van der Waals surface area contributed by atoms with Gasteiger partial charge in [-0.15, -0.1) is 0 Å². The first-order chi connectivity index (χ1) is 16.4. The van der Waals surface area contributed by atoms with E-state index in [1.54, 1.807) is 29.2 Å². The summed E-state index contributed by atoms with van der Waals surface area (Å²) in [5, 5.41) is 4.35. The van der Waals surface area contributed by atoms with E-state index in [2.05, 4.69) is 5.32 Å². The average Bonchev–Trinajstić information content (AvgIpc) is 2.82. The second-order valence-electron chi connectivity index (χ2n) is 8.07. The van der Waals surface area contributed by atoms with Gasteiger partial charge in [0.25, 0.3) is 0 Å². The summed E-state index contributed by atoms with van der Waals surface area (Å²) in [4.78, 5) is 28.6. The first kappa shape index (κ1) is 26.1. The molecule has 0 aliphatic carbocycles. The van der Waals surface area contributed by atoms with E-state index in [0.29, 0.717) is 28.0 Å². The Labute approximate surface area is 215 Å². The summed E-state index contributed by atoms with van der Waals surface area (Å²) >= 11 is 18.4. The number of carbonyl (C=O) groups is 2. The van der Waals surface area contributed by atoms with Gasteiger partial charge in [-0.05, 0) is 47.4 Å². The van der Waals surface area contributed by atoms with Crippen LogP contribution in [0.1, 0.15) is 30.0 Å². The maximum Gasteiger partial charge on any atom is 0.243 e. The summed E-state index contributed by atoms with van der Waals surface area (Å²) in [5.41, 5.74) is 2.54. The molecule has 3 rings (SSSR count). The number of benzene rings is 3. The highest BCUT2D eigenvalue weighted by atomic mass is 35.5. The summed E-state index contributed by atoms with van der Waals surface area (Å²) < 4.78 is 0. The number of amides is 2. The maximum atomic E-state index is 13.6. The van der Waals surface area contributed by atoms with Crippen molar-refractivity contribution in [2.75, 3.05) is 6.54 Å². The molecule has 0 saturated heterocycles. The number of hydrogen-bond donors (Lipinski definition) is 1. The highest BCUT2D eigenvalue weighted by Gasteiger charge is 2.30. The van der Waals surface area contributed by atoms with E-state index >= 15 is 0 Å². The van der Waals surface area contributed by atoms with Crippen LogP contribution in [-0.2, 0) is 29.0 Å². The van der Waals surface area contributed by atoms with Gasteiger partial charge in [0.15, 0.2) is 0 Å². The standard InChI is InChI=1S/C27H27Cl3N2O2/c1-2-13-31-27(34)25(16-19-7-4-3-5-8-19)32(18-21-9-6-10-22(28)14-21)26(33)17-20-11-12-23(29)24(30)15-20/h3-12,14-15,25H,2,13,16-18H2,1H3,(H,31,34)/t25-/m0/s1. The fraction of sp³-hybridized carbons (Fsp3) is 0.259. The van der Waals surface area contributed by atoms with E-state index in [1.807, 2.05) is 55.5 Å². The van der Waals surface area contributed by atoms with Gasteiger partial charge in [-0.2, -0.15) is 0 Å². The van der Waals surface area contributed by atoms with Gasteiger partial charge in [-0.3, -0.25) is 9.59 Å². The Bertz CT molecular complexity index is 1120. The summed E-state index contributed by atoms with van der Waals surface area (Å²) in [6, 6.07) is 21.5. The fourth-order valence-electron chi connectivity index (χ4n) is 3.68. The molecule has 0 fully saturated rings. The van der Waals surface area contributed by atoms with E-state index in [0.717, 1.165) is 23.1 Å². The lowest BCUT2D eigenvalue weighted by Crippen LogP contribution is -2.51. The van der Waals surface area contributed by atoms with E-state index in [-0.39, 0.29) is 24.8 Å². The molecule has 0 unspecified atom stereocenters. The lowest BCUT2D eigenvalue weighted by Gasteiger charge is -2.32. The van der Waals surface area contributed by atoms with Crippen LogP contribution >= 0.6 is 34.8 Å². The molecular weight excluding hydrogens is 491 g/mol. The molecule has 3 aromatic rings. The van der Waals surface area contributed by atoms with Crippen molar-refractivity contribution in [1.29, 1.82) is 0 Å². The Balaban J connectivity index is 1.96. The summed E-state index contributed by atoms with van der Waals surface area (Å²) in [6.07, 6.45) is 1.28. The highest BCUT2D eigenvalue weighted by Crippen LogP contribution is 2.24. The van der Waals surface area contributed by atoms with Gasteiger partial charge < -0.3 is 10.2 Å². The largest absolute Gasteiger partial charge is 0.354 e. The lowest BCUT2D eigenvalue weighted by atomic mass is 10.0. The third-order valence-electron chi connectivity index (χ3n) is 5.40. The molecule has 0 aromatic heterocycles. The summed E-state index contributed by atoms with van der Waals surface area (Å²) in [5.74, 6) is -0.374. The van der Waals surface area contributed by atoms with E-state index in [1.165, 1.54) is 0 Å². The molecule has 7 heteroatoms. The maximum absolute atomic E-state index is 13.6. The molecular formula is C27H27Cl3N2O2. The molecule has 34 heavy (non-hydrogen) atoms. The third kappa shape index (κ3) is 7.49. The molecule has 3 aromatic carbocycles. The molecule has 0 aliphatic heterocycles. The van der Waals surface area contributed by atoms with Crippen LogP contribution in [-0.4, -0.2) is 29.3 Å². The molecule has 178 valence electrons. The number of halogens is 3. The van der Waals surface area contributed by atoms with Crippen molar-refractivity contribution >= 4 is 46.6 Å². The van der Waals surface area contributed by atoms with Crippen LogP contribution in [0.5, 0.6) is 0 Å². The Morgan fingerprint density at radius 1 is 0.853 bits per heavy atom. The third-order valence-corrected chi connectivity index (χ3v) is 6.38. The summed E-state index contributed by atoms with van der Waals surface area (Å²) in [7, 11) is 0. The van der Waals surface area contributed by atoms with E-state index in [4.69, 9.17) is 34.8 Å². The van der Waals surface area contributed by atoms with Crippen LogP contribution in [0.3, 0.4) is 0 Å². The molecule has 0 aliphatic rings. The zero-order chi connectivity index (χ0) is 24.5. The number of rotatable bonds is 10.